The Kier molecular flexibility index (Phi) is 8.86. The SMILES string of the molecule is CNC(=S)NC(=O)CCC(=O)OC(CC(CC(=O)O)C(=O)O)n1c(O)ccc1O. The number of nitrogens with zero attached hydrogens (tertiary/aromatic N) is 1. The molecular weight excluding hydrogens is 410 g/mol. The number of hydrogen-bond donors (Lipinski definition) is 6. The van der Waals surface area contributed by atoms with E-state index in [0.717, 1.165) is 16.7 Å². The predicted molar refractivity (Wildman–Crippen MR) is 99.9 cm³/mol. The van der Waals surface area contributed by atoms with Crippen LogP contribution in [0.2, 0.25) is 0 Å². The predicted octanol–water partition coefficient (Wildman–Crippen LogP) is -0.0926. The van der Waals surface area contributed by atoms with E-state index in [4.69, 9.17) is 22.1 Å². The summed E-state index contributed by atoms with van der Waals surface area (Å²) in [5.74, 6) is -6.89. The Balaban J connectivity index is 2.91. The summed E-state index contributed by atoms with van der Waals surface area (Å²) in [6.07, 6.45) is -3.53. The fourth-order valence-corrected chi connectivity index (χ4v) is 2.45. The highest BCUT2D eigenvalue weighted by Gasteiger charge is 2.30. The van der Waals surface area contributed by atoms with E-state index in [1.54, 1.807) is 0 Å². The molecule has 1 rings (SSSR count). The number of thiocarbonyl (C=S) groups is 1. The van der Waals surface area contributed by atoms with Crippen LogP contribution in [0, 0.1) is 5.92 Å². The lowest BCUT2D eigenvalue weighted by Crippen LogP contribution is -2.37. The Hall–Kier alpha value is -3.35. The number of aromatic nitrogens is 1. The summed E-state index contributed by atoms with van der Waals surface area (Å²) in [5, 5.41) is 42.7. The molecule has 2 atom stereocenters. The summed E-state index contributed by atoms with van der Waals surface area (Å²) in [6, 6.07) is 2.16. The molecule has 12 nitrogen and oxygen atoms in total. The van der Waals surface area contributed by atoms with Gasteiger partial charge in [-0.3, -0.25) is 19.2 Å². The van der Waals surface area contributed by atoms with Crippen LogP contribution in [-0.2, 0) is 23.9 Å². The number of amides is 1. The average Bonchev–Trinajstić information content (AvgIpc) is 2.96. The molecule has 0 aliphatic rings. The number of carboxylic acid groups (broad SMARTS) is 2. The van der Waals surface area contributed by atoms with Crippen molar-refractivity contribution in [2.45, 2.75) is 31.9 Å². The van der Waals surface area contributed by atoms with Crippen LogP contribution in [0.5, 0.6) is 11.8 Å². The molecule has 0 bridgehead atoms. The van der Waals surface area contributed by atoms with E-state index in [1.807, 2.05) is 0 Å². The van der Waals surface area contributed by atoms with E-state index >= 15 is 0 Å². The summed E-state index contributed by atoms with van der Waals surface area (Å²) in [4.78, 5) is 46.0. The summed E-state index contributed by atoms with van der Waals surface area (Å²) in [5.41, 5.74) is 0. The topological polar surface area (TPSA) is 187 Å². The number of nitrogens with one attached hydrogen (secondary N) is 2. The van der Waals surface area contributed by atoms with Gasteiger partial charge in [-0.25, -0.2) is 4.57 Å². The zero-order valence-electron chi connectivity index (χ0n) is 15.3. The first-order chi connectivity index (χ1) is 13.5. The number of hydrogen-bond acceptors (Lipinski definition) is 8. The molecule has 0 spiro atoms. The van der Waals surface area contributed by atoms with Crippen molar-refractivity contribution < 1.29 is 44.3 Å². The monoisotopic (exact) mass is 431 g/mol. The molecule has 0 radical (unpaired) electrons. The van der Waals surface area contributed by atoms with Gasteiger partial charge in [-0.2, -0.15) is 0 Å². The molecule has 0 aromatic carbocycles. The van der Waals surface area contributed by atoms with Crippen LogP contribution in [-0.4, -0.2) is 61.0 Å². The van der Waals surface area contributed by atoms with Gasteiger partial charge in [-0.05, 0) is 12.2 Å². The molecule has 0 fully saturated rings. The van der Waals surface area contributed by atoms with Crippen molar-refractivity contribution in [2.75, 3.05) is 7.05 Å². The van der Waals surface area contributed by atoms with E-state index in [0.29, 0.717) is 0 Å². The molecule has 1 aromatic rings. The highest BCUT2D eigenvalue weighted by Crippen LogP contribution is 2.32. The molecular formula is C16H21N3O9S. The van der Waals surface area contributed by atoms with Gasteiger partial charge < -0.3 is 35.8 Å². The third-order valence-corrected chi connectivity index (χ3v) is 4.03. The molecule has 1 amide bonds. The number of aliphatic carboxylic acids is 2. The zero-order valence-corrected chi connectivity index (χ0v) is 16.1. The smallest absolute Gasteiger partial charge is 0.308 e. The number of carbonyl (C=O) groups excluding carboxylic acids is 2. The van der Waals surface area contributed by atoms with Crippen molar-refractivity contribution in [3.63, 3.8) is 0 Å². The molecule has 0 aliphatic carbocycles. The van der Waals surface area contributed by atoms with Crippen molar-refractivity contribution >= 4 is 41.1 Å². The minimum atomic E-state index is -1.51. The molecule has 0 saturated carbocycles. The molecule has 0 saturated heterocycles. The number of rotatable bonds is 10. The van der Waals surface area contributed by atoms with Crippen molar-refractivity contribution in [1.82, 2.24) is 15.2 Å². The van der Waals surface area contributed by atoms with Gasteiger partial charge in [0.2, 0.25) is 5.91 Å². The van der Waals surface area contributed by atoms with Crippen LogP contribution < -0.4 is 10.6 Å². The van der Waals surface area contributed by atoms with Crippen molar-refractivity contribution in [3.05, 3.63) is 12.1 Å². The molecule has 160 valence electrons. The number of ether oxygens (including phenoxy) is 1. The number of carboxylic acids is 2. The van der Waals surface area contributed by atoms with E-state index in [-0.39, 0.29) is 11.5 Å². The summed E-state index contributed by atoms with van der Waals surface area (Å²) >= 11 is 4.75. The largest absolute Gasteiger partial charge is 0.494 e. The van der Waals surface area contributed by atoms with Gasteiger partial charge in [0.15, 0.2) is 23.1 Å². The molecule has 1 heterocycles. The highest BCUT2D eigenvalue weighted by molar-refractivity contribution is 7.80. The fourth-order valence-electron chi connectivity index (χ4n) is 2.33. The van der Waals surface area contributed by atoms with E-state index in [2.05, 4.69) is 10.6 Å². The number of aromatic hydroxyl groups is 2. The van der Waals surface area contributed by atoms with Crippen molar-refractivity contribution in [2.24, 2.45) is 5.92 Å². The number of carbonyl (C=O) groups is 4. The molecule has 13 heteroatoms. The van der Waals surface area contributed by atoms with E-state index in [9.17, 15) is 34.5 Å². The molecule has 1 aromatic heterocycles. The van der Waals surface area contributed by atoms with Gasteiger partial charge in [0.05, 0.1) is 18.8 Å². The second kappa shape index (κ2) is 10.8. The molecule has 29 heavy (non-hydrogen) atoms. The van der Waals surface area contributed by atoms with Crippen LogP contribution in [0.3, 0.4) is 0 Å². The van der Waals surface area contributed by atoms with Gasteiger partial charge in [0, 0.05) is 32.0 Å². The van der Waals surface area contributed by atoms with Crippen LogP contribution in [0.25, 0.3) is 0 Å². The lowest BCUT2D eigenvalue weighted by Gasteiger charge is -2.23. The number of esters is 1. The lowest BCUT2D eigenvalue weighted by atomic mass is 10.0. The Labute approximate surface area is 170 Å². The van der Waals surface area contributed by atoms with Gasteiger partial charge in [0.25, 0.3) is 0 Å². The maximum Gasteiger partial charge on any atom is 0.308 e. The second-order valence-corrected chi connectivity index (χ2v) is 6.27. The summed E-state index contributed by atoms with van der Waals surface area (Å²) in [7, 11) is 1.49. The fraction of sp³-hybridized carbons (Fsp3) is 0.438. The Morgan fingerprint density at radius 2 is 1.72 bits per heavy atom. The standard InChI is InChI=1S/C16H21N3O9S/c1-17-16(29)18-9(20)2-5-14(25)28-12(19-10(21)3-4-11(19)22)6-8(15(26)27)7-13(23)24/h3-4,8,12,21-22H,2,5-7H2,1H3,(H,23,24)(H,26,27)(H2,17,18,20,29). The van der Waals surface area contributed by atoms with Gasteiger partial charge in [-0.1, -0.05) is 0 Å². The first-order valence-electron chi connectivity index (χ1n) is 8.30. The maximum absolute atomic E-state index is 12.1. The third-order valence-electron chi connectivity index (χ3n) is 3.72. The Morgan fingerprint density at radius 3 is 2.21 bits per heavy atom. The molecule has 0 aliphatic heterocycles. The van der Waals surface area contributed by atoms with E-state index in [1.165, 1.54) is 7.05 Å². The van der Waals surface area contributed by atoms with Gasteiger partial charge in [0.1, 0.15) is 0 Å². The summed E-state index contributed by atoms with van der Waals surface area (Å²) in [6.45, 7) is 0. The quantitative estimate of drug-likeness (QED) is 0.214. The van der Waals surface area contributed by atoms with Crippen molar-refractivity contribution in [1.29, 1.82) is 0 Å². The van der Waals surface area contributed by atoms with Crippen LogP contribution >= 0.6 is 12.2 Å². The second-order valence-electron chi connectivity index (χ2n) is 5.86. The normalized spacial score (nSPS) is 12.4. The minimum Gasteiger partial charge on any atom is -0.494 e. The Bertz CT molecular complexity index is 773. The Morgan fingerprint density at radius 1 is 1.14 bits per heavy atom. The van der Waals surface area contributed by atoms with Crippen LogP contribution in [0.1, 0.15) is 31.9 Å². The van der Waals surface area contributed by atoms with Crippen LogP contribution in [0.15, 0.2) is 12.1 Å². The zero-order chi connectivity index (χ0) is 22.1. The van der Waals surface area contributed by atoms with E-state index < -0.39 is 67.0 Å². The van der Waals surface area contributed by atoms with Gasteiger partial charge in [-0.15, -0.1) is 0 Å². The molecule has 6 N–H and O–H groups in total. The molecule has 2 unspecified atom stereocenters. The lowest BCUT2D eigenvalue weighted by molar-refractivity contribution is -0.160. The third kappa shape index (κ3) is 7.65. The van der Waals surface area contributed by atoms with Crippen molar-refractivity contribution in [3.8, 4) is 11.8 Å². The maximum atomic E-state index is 12.1. The first kappa shape index (κ1) is 23.7. The highest BCUT2D eigenvalue weighted by atomic mass is 32.1. The summed E-state index contributed by atoms with van der Waals surface area (Å²) < 4.78 is 5.86. The van der Waals surface area contributed by atoms with Crippen LogP contribution in [0.4, 0.5) is 0 Å². The van der Waals surface area contributed by atoms with Gasteiger partial charge >= 0.3 is 17.9 Å². The minimum absolute atomic E-state index is 0.0569. The first-order valence-corrected chi connectivity index (χ1v) is 8.70. The average molecular weight is 431 g/mol.